The lowest BCUT2D eigenvalue weighted by atomic mass is 10.1. The molecule has 0 saturated carbocycles. The fourth-order valence-corrected chi connectivity index (χ4v) is 3.26. The zero-order chi connectivity index (χ0) is 21.8. The van der Waals surface area contributed by atoms with E-state index in [9.17, 15) is 24.5 Å². The Morgan fingerprint density at radius 1 is 1.20 bits per heavy atom. The van der Waals surface area contributed by atoms with Crippen molar-refractivity contribution >= 4 is 29.0 Å². The van der Waals surface area contributed by atoms with Crippen LogP contribution in [-0.4, -0.2) is 42.3 Å². The van der Waals surface area contributed by atoms with Crippen LogP contribution in [0, 0.1) is 16.0 Å². The van der Waals surface area contributed by atoms with E-state index in [0.29, 0.717) is 11.3 Å². The number of hydrogen-bond acceptors (Lipinski definition) is 7. The number of nitro groups is 1. The molecule has 0 spiro atoms. The molecule has 1 fully saturated rings. The summed E-state index contributed by atoms with van der Waals surface area (Å²) in [6, 6.07) is 12.4. The number of non-ortho nitro benzene ring substituents is 1. The van der Waals surface area contributed by atoms with Crippen molar-refractivity contribution in [1.29, 1.82) is 0 Å². The van der Waals surface area contributed by atoms with Crippen LogP contribution in [0.3, 0.4) is 0 Å². The molecule has 0 bridgehead atoms. The highest BCUT2D eigenvalue weighted by Gasteiger charge is 2.38. The third kappa shape index (κ3) is 4.29. The number of esters is 1. The maximum Gasteiger partial charge on any atom is 0.312 e. The summed E-state index contributed by atoms with van der Waals surface area (Å²) in [6.07, 6.45) is -1.08. The van der Waals surface area contributed by atoms with Gasteiger partial charge in [0.25, 0.3) is 5.69 Å². The van der Waals surface area contributed by atoms with E-state index < -0.39 is 22.9 Å². The quantitative estimate of drug-likeness (QED) is 0.297. The van der Waals surface area contributed by atoms with Crippen LogP contribution < -0.4 is 9.64 Å². The van der Waals surface area contributed by atoms with Crippen molar-refractivity contribution in [2.24, 2.45) is 5.92 Å². The number of benzene rings is 2. The van der Waals surface area contributed by atoms with Crippen LogP contribution in [0.25, 0.3) is 0 Å². The number of carbonyl (C=O) groups is 3. The Bertz CT molecular complexity index is 990. The van der Waals surface area contributed by atoms with E-state index in [0.717, 1.165) is 0 Å². The van der Waals surface area contributed by atoms with E-state index in [1.807, 2.05) is 0 Å². The van der Waals surface area contributed by atoms with Crippen molar-refractivity contribution in [2.75, 3.05) is 18.6 Å². The summed E-state index contributed by atoms with van der Waals surface area (Å²) in [6.45, 7) is 1.51. The SMILES string of the molecule is COc1cc([N+](=O)[O-])ccc1N1C[C@@H](C(=O)O[C@H](C)C(=O)c2ccccc2)CC1=O. The molecule has 1 saturated heterocycles. The predicted octanol–water partition coefficient (Wildman–Crippen LogP) is 2.77. The molecule has 2 atom stereocenters. The van der Waals surface area contributed by atoms with Gasteiger partial charge in [-0.3, -0.25) is 24.5 Å². The molecule has 0 unspecified atom stereocenters. The minimum absolute atomic E-state index is 0.0259. The molecule has 0 radical (unpaired) electrons. The molecule has 3 rings (SSSR count). The highest BCUT2D eigenvalue weighted by atomic mass is 16.6. The number of rotatable bonds is 7. The first-order valence-electron chi connectivity index (χ1n) is 9.24. The summed E-state index contributed by atoms with van der Waals surface area (Å²) in [5, 5.41) is 10.9. The second kappa shape index (κ2) is 8.73. The Hall–Kier alpha value is -3.75. The van der Waals surface area contributed by atoms with Crippen molar-refractivity contribution in [3.05, 3.63) is 64.2 Å². The van der Waals surface area contributed by atoms with Crippen LogP contribution >= 0.6 is 0 Å². The van der Waals surface area contributed by atoms with Crippen molar-refractivity contribution in [3.8, 4) is 5.75 Å². The second-order valence-corrected chi connectivity index (χ2v) is 6.83. The van der Waals surface area contributed by atoms with Gasteiger partial charge in [0.2, 0.25) is 11.7 Å². The van der Waals surface area contributed by atoms with Gasteiger partial charge in [-0.1, -0.05) is 30.3 Å². The standard InChI is InChI=1S/C21H20N2O7/c1-13(20(25)14-6-4-3-5-7-14)30-21(26)15-10-19(24)22(12-15)17-9-8-16(23(27)28)11-18(17)29-2/h3-9,11,13,15H,10,12H2,1-2H3/t13-,15+/m1/s1. The van der Waals surface area contributed by atoms with E-state index in [2.05, 4.69) is 0 Å². The maximum absolute atomic E-state index is 12.5. The Kier molecular flexibility index (Phi) is 6.10. The summed E-state index contributed by atoms with van der Waals surface area (Å²) in [4.78, 5) is 49.1. The minimum atomic E-state index is -0.988. The van der Waals surface area contributed by atoms with Crippen molar-refractivity contribution in [1.82, 2.24) is 0 Å². The first kappa shape index (κ1) is 21.0. The number of Topliss-reactive ketones (excluding diaryl/α,β-unsaturated/α-hetero) is 1. The molecule has 2 aromatic rings. The van der Waals surface area contributed by atoms with E-state index in [-0.39, 0.29) is 36.1 Å². The van der Waals surface area contributed by atoms with Gasteiger partial charge >= 0.3 is 5.97 Å². The molecule has 1 aliphatic heterocycles. The van der Waals surface area contributed by atoms with Gasteiger partial charge in [-0.05, 0) is 13.0 Å². The number of methoxy groups -OCH3 is 1. The maximum atomic E-state index is 12.5. The molecule has 9 heteroatoms. The second-order valence-electron chi connectivity index (χ2n) is 6.83. The van der Waals surface area contributed by atoms with Gasteiger partial charge in [-0.25, -0.2) is 0 Å². The van der Waals surface area contributed by atoms with E-state index in [1.165, 1.54) is 37.1 Å². The lowest BCUT2D eigenvalue weighted by molar-refractivity contribution is -0.384. The molecule has 0 N–H and O–H groups in total. The molecule has 0 aliphatic carbocycles. The number of amides is 1. The molecule has 0 aromatic heterocycles. The third-order valence-electron chi connectivity index (χ3n) is 4.84. The highest BCUT2D eigenvalue weighted by Crippen LogP contribution is 2.36. The molecule has 1 heterocycles. The summed E-state index contributed by atoms with van der Waals surface area (Å²) in [5.74, 6) is -1.93. The molecule has 156 valence electrons. The van der Waals surface area contributed by atoms with Crippen LogP contribution in [0.2, 0.25) is 0 Å². The smallest absolute Gasteiger partial charge is 0.312 e. The van der Waals surface area contributed by atoms with Gasteiger partial charge in [-0.15, -0.1) is 0 Å². The van der Waals surface area contributed by atoms with Gasteiger partial charge in [0.05, 0.1) is 29.7 Å². The fraction of sp³-hybridized carbons (Fsp3) is 0.286. The fourth-order valence-electron chi connectivity index (χ4n) is 3.26. The van der Waals surface area contributed by atoms with Crippen LogP contribution in [-0.2, 0) is 14.3 Å². The van der Waals surface area contributed by atoms with Gasteiger partial charge in [0, 0.05) is 24.6 Å². The average Bonchev–Trinajstić information content (AvgIpc) is 3.14. The first-order chi connectivity index (χ1) is 14.3. The third-order valence-corrected chi connectivity index (χ3v) is 4.84. The lowest BCUT2D eigenvalue weighted by Crippen LogP contribution is -2.30. The van der Waals surface area contributed by atoms with Gasteiger partial charge < -0.3 is 14.4 Å². The van der Waals surface area contributed by atoms with Gasteiger partial charge in [0.1, 0.15) is 5.75 Å². The zero-order valence-corrected chi connectivity index (χ0v) is 16.4. The van der Waals surface area contributed by atoms with E-state index in [4.69, 9.17) is 9.47 Å². The molecule has 2 aromatic carbocycles. The van der Waals surface area contributed by atoms with Crippen LogP contribution in [0.15, 0.2) is 48.5 Å². The van der Waals surface area contributed by atoms with Crippen LogP contribution in [0.5, 0.6) is 5.75 Å². The number of nitro benzene ring substituents is 1. The number of ether oxygens (including phenoxy) is 2. The Balaban J connectivity index is 1.70. The number of anilines is 1. The molecule has 30 heavy (non-hydrogen) atoms. The molecule has 1 amide bonds. The zero-order valence-electron chi connectivity index (χ0n) is 16.4. The topological polar surface area (TPSA) is 116 Å². The van der Waals surface area contributed by atoms with Gasteiger partial charge in [0.15, 0.2) is 6.10 Å². The highest BCUT2D eigenvalue weighted by molar-refractivity contribution is 6.02. The summed E-state index contributed by atoms with van der Waals surface area (Å²) >= 11 is 0. The monoisotopic (exact) mass is 412 g/mol. The van der Waals surface area contributed by atoms with Crippen LogP contribution in [0.1, 0.15) is 23.7 Å². The number of nitrogens with zero attached hydrogens (tertiary/aromatic N) is 2. The lowest BCUT2D eigenvalue weighted by Gasteiger charge is -2.19. The average molecular weight is 412 g/mol. The summed E-state index contributed by atoms with van der Waals surface area (Å²) in [7, 11) is 1.34. The minimum Gasteiger partial charge on any atom is -0.494 e. The molecular weight excluding hydrogens is 392 g/mol. The van der Waals surface area contributed by atoms with Crippen LogP contribution in [0.4, 0.5) is 11.4 Å². The summed E-state index contributed by atoms with van der Waals surface area (Å²) < 4.78 is 10.5. The number of carbonyl (C=O) groups excluding carboxylic acids is 3. The van der Waals surface area contributed by atoms with Gasteiger partial charge in [-0.2, -0.15) is 0 Å². The van der Waals surface area contributed by atoms with Crippen molar-refractivity contribution in [2.45, 2.75) is 19.4 Å². The summed E-state index contributed by atoms with van der Waals surface area (Å²) in [5.41, 5.74) is 0.584. The molecule has 1 aliphatic rings. The first-order valence-corrected chi connectivity index (χ1v) is 9.24. The van der Waals surface area contributed by atoms with E-state index in [1.54, 1.807) is 30.3 Å². The van der Waals surface area contributed by atoms with Crippen molar-refractivity contribution < 1.29 is 28.8 Å². The normalized spacial score (nSPS) is 16.8. The number of hydrogen-bond donors (Lipinski definition) is 0. The Morgan fingerprint density at radius 2 is 1.90 bits per heavy atom. The molecule has 9 nitrogen and oxygen atoms in total. The Morgan fingerprint density at radius 3 is 2.53 bits per heavy atom. The molecular formula is C21H20N2O7. The predicted molar refractivity (Wildman–Crippen MR) is 106 cm³/mol. The van der Waals surface area contributed by atoms with E-state index >= 15 is 0 Å². The largest absolute Gasteiger partial charge is 0.494 e. The number of ketones is 1. The van der Waals surface area contributed by atoms with Crippen molar-refractivity contribution in [3.63, 3.8) is 0 Å². The Labute approximate surface area is 172 Å².